The van der Waals surface area contributed by atoms with Crippen LogP contribution < -0.4 is 20.3 Å². The van der Waals surface area contributed by atoms with Crippen molar-refractivity contribution in [2.75, 3.05) is 51.8 Å². The predicted molar refractivity (Wildman–Crippen MR) is 119 cm³/mol. The lowest BCUT2D eigenvalue weighted by atomic mass is 10.2. The number of hydrogen-bond acceptors (Lipinski definition) is 5. The van der Waals surface area contributed by atoms with E-state index in [0.29, 0.717) is 13.1 Å². The average molecular weight is 397 g/mol. The number of aromatic nitrogens is 1. The highest BCUT2D eigenvalue weighted by Crippen LogP contribution is 2.15. The normalized spacial score (nSPS) is 15.3. The number of guanidine groups is 1. The molecule has 1 aliphatic heterocycles. The van der Waals surface area contributed by atoms with Gasteiger partial charge < -0.3 is 25.2 Å². The number of methoxy groups -OCH3 is 1. The molecule has 7 nitrogen and oxygen atoms in total. The zero-order chi connectivity index (χ0) is 20.5. The summed E-state index contributed by atoms with van der Waals surface area (Å²) in [7, 11) is 3.46. The van der Waals surface area contributed by atoms with E-state index in [0.717, 1.165) is 55.8 Å². The molecule has 2 heterocycles. The van der Waals surface area contributed by atoms with Gasteiger partial charge in [0.2, 0.25) is 0 Å². The van der Waals surface area contributed by atoms with Crippen molar-refractivity contribution >= 4 is 11.8 Å². The Bertz CT molecular complexity index is 801. The molecule has 0 saturated carbocycles. The van der Waals surface area contributed by atoms with E-state index in [1.807, 2.05) is 30.5 Å². The number of benzene rings is 1. The van der Waals surface area contributed by atoms with E-state index in [4.69, 9.17) is 4.74 Å². The maximum Gasteiger partial charge on any atom is 0.191 e. The van der Waals surface area contributed by atoms with Gasteiger partial charge >= 0.3 is 0 Å². The Labute approximate surface area is 173 Å². The molecule has 1 aromatic carbocycles. The first-order chi connectivity index (χ1) is 14.2. The van der Waals surface area contributed by atoms with Crippen LogP contribution in [0.4, 0.5) is 5.82 Å². The van der Waals surface area contributed by atoms with Crippen LogP contribution in [0.5, 0.6) is 5.75 Å². The van der Waals surface area contributed by atoms with Gasteiger partial charge in [-0.25, -0.2) is 4.98 Å². The van der Waals surface area contributed by atoms with E-state index in [9.17, 15) is 0 Å². The molecule has 2 N–H and O–H groups in total. The molecule has 1 saturated heterocycles. The van der Waals surface area contributed by atoms with Crippen molar-refractivity contribution in [2.45, 2.75) is 20.0 Å². The van der Waals surface area contributed by atoms with Gasteiger partial charge in [0.15, 0.2) is 5.96 Å². The maximum atomic E-state index is 5.28. The summed E-state index contributed by atoms with van der Waals surface area (Å²) in [5, 5.41) is 6.73. The summed E-state index contributed by atoms with van der Waals surface area (Å²) >= 11 is 0. The van der Waals surface area contributed by atoms with E-state index in [-0.39, 0.29) is 0 Å². The van der Waals surface area contributed by atoms with E-state index >= 15 is 0 Å². The molecule has 29 heavy (non-hydrogen) atoms. The Balaban J connectivity index is 1.51. The molecule has 0 atom stereocenters. The summed E-state index contributed by atoms with van der Waals surface area (Å²) in [6, 6.07) is 12.2. The second-order valence-electron chi connectivity index (χ2n) is 7.07. The minimum atomic E-state index is 0.681. The fourth-order valence-corrected chi connectivity index (χ4v) is 3.41. The summed E-state index contributed by atoms with van der Waals surface area (Å²) in [5.41, 5.74) is 2.34. The number of aliphatic imine (C=N–C) groups is 1. The Hall–Kier alpha value is -2.80. The number of likely N-dealkylation sites (N-methyl/N-ethyl adjacent to an activating group) is 1. The van der Waals surface area contributed by atoms with E-state index < -0.39 is 0 Å². The Morgan fingerprint density at radius 3 is 2.45 bits per heavy atom. The summed E-state index contributed by atoms with van der Waals surface area (Å²) in [6.45, 7) is 8.97. The van der Waals surface area contributed by atoms with Crippen LogP contribution in [0.25, 0.3) is 0 Å². The average Bonchev–Trinajstić information content (AvgIpc) is 2.79. The van der Waals surface area contributed by atoms with Gasteiger partial charge in [-0.2, -0.15) is 0 Å². The van der Waals surface area contributed by atoms with Gasteiger partial charge in [-0.05, 0) is 41.9 Å². The van der Waals surface area contributed by atoms with Crippen LogP contribution in [0, 0.1) is 0 Å². The van der Waals surface area contributed by atoms with Crippen LogP contribution in [0.15, 0.2) is 47.6 Å². The topological polar surface area (TPSA) is 65.0 Å². The zero-order valence-electron chi connectivity index (χ0n) is 17.7. The molecule has 0 unspecified atom stereocenters. The summed E-state index contributed by atoms with van der Waals surface area (Å²) in [5.74, 6) is 2.68. The van der Waals surface area contributed by atoms with Crippen molar-refractivity contribution in [3.05, 3.63) is 53.7 Å². The number of nitrogens with one attached hydrogen (secondary N) is 2. The first-order valence-corrected chi connectivity index (χ1v) is 10.2. The number of piperazine rings is 1. The number of nitrogens with zero attached hydrogens (tertiary/aromatic N) is 4. The molecule has 0 aliphatic carbocycles. The van der Waals surface area contributed by atoms with Crippen molar-refractivity contribution in [3.63, 3.8) is 0 Å². The fourth-order valence-electron chi connectivity index (χ4n) is 3.41. The van der Waals surface area contributed by atoms with Gasteiger partial charge in [-0.1, -0.05) is 19.1 Å². The highest BCUT2D eigenvalue weighted by molar-refractivity contribution is 5.79. The largest absolute Gasteiger partial charge is 0.497 e. The smallest absolute Gasteiger partial charge is 0.191 e. The van der Waals surface area contributed by atoms with Gasteiger partial charge in [-0.15, -0.1) is 0 Å². The Morgan fingerprint density at radius 2 is 1.79 bits per heavy atom. The monoisotopic (exact) mass is 396 g/mol. The second kappa shape index (κ2) is 10.7. The zero-order valence-corrected chi connectivity index (χ0v) is 17.7. The lowest BCUT2D eigenvalue weighted by Crippen LogP contribution is -2.46. The van der Waals surface area contributed by atoms with Crippen LogP contribution in [0.3, 0.4) is 0 Å². The molecule has 3 rings (SSSR count). The minimum absolute atomic E-state index is 0.681. The van der Waals surface area contributed by atoms with E-state index in [1.54, 1.807) is 14.2 Å². The highest BCUT2D eigenvalue weighted by atomic mass is 16.5. The number of anilines is 1. The minimum Gasteiger partial charge on any atom is -0.497 e. The standard InChI is InChI=1S/C22H32N6O/c1-4-27-10-12-28(13-11-27)21-15-19(8-9-24-21)17-26-22(23-2)25-16-18-6-5-7-20(14-18)29-3/h5-9,14-15H,4,10-13,16-17H2,1-3H3,(H2,23,25,26). The lowest BCUT2D eigenvalue weighted by molar-refractivity contribution is 0.270. The summed E-state index contributed by atoms with van der Waals surface area (Å²) in [4.78, 5) is 13.7. The van der Waals surface area contributed by atoms with Gasteiger partial charge in [0.25, 0.3) is 0 Å². The number of rotatable bonds is 7. The molecule has 1 aliphatic rings. The lowest BCUT2D eigenvalue weighted by Gasteiger charge is -2.34. The number of hydrogen-bond donors (Lipinski definition) is 2. The molecule has 7 heteroatoms. The van der Waals surface area contributed by atoms with Gasteiger partial charge in [-0.3, -0.25) is 4.99 Å². The Morgan fingerprint density at radius 1 is 1.07 bits per heavy atom. The van der Waals surface area contributed by atoms with Crippen molar-refractivity contribution in [1.82, 2.24) is 20.5 Å². The SMILES string of the molecule is CCN1CCN(c2cc(CNC(=NC)NCc3cccc(OC)c3)ccn2)CC1. The van der Waals surface area contributed by atoms with E-state index in [2.05, 4.69) is 49.5 Å². The van der Waals surface area contributed by atoms with Crippen LogP contribution >= 0.6 is 0 Å². The van der Waals surface area contributed by atoms with Crippen molar-refractivity contribution in [1.29, 1.82) is 0 Å². The quantitative estimate of drug-likeness (QED) is 0.552. The van der Waals surface area contributed by atoms with Crippen LogP contribution in [-0.4, -0.2) is 62.7 Å². The molecule has 2 aromatic rings. The van der Waals surface area contributed by atoms with Crippen molar-refractivity contribution in [3.8, 4) is 5.75 Å². The molecular weight excluding hydrogens is 364 g/mol. The number of ether oxygens (including phenoxy) is 1. The molecule has 1 aromatic heterocycles. The third-order valence-corrected chi connectivity index (χ3v) is 5.23. The highest BCUT2D eigenvalue weighted by Gasteiger charge is 2.16. The number of pyridine rings is 1. The first kappa shape index (κ1) is 20.9. The molecule has 156 valence electrons. The van der Waals surface area contributed by atoms with Crippen LogP contribution in [0.2, 0.25) is 0 Å². The van der Waals surface area contributed by atoms with Crippen molar-refractivity contribution in [2.24, 2.45) is 4.99 Å². The second-order valence-corrected chi connectivity index (χ2v) is 7.07. The molecule has 0 bridgehead atoms. The third kappa shape index (κ3) is 6.09. The van der Waals surface area contributed by atoms with Crippen molar-refractivity contribution < 1.29 is 4.74 Å². The molecule has 0 amide bonds. The van der Waals surface area contributed by atoms with E-state index in [1.165, 1.54) is 5.56 Å². The van der Waals surface area contributed by atoms with Gasteiger partial charge in [0.1, 0.15) is 11.6 Å². The predicted octanol–water partition coefficient (Wildman–Crippen LogP) is 2.10. The summed E-state index contributed by atoms with van der Waals surface area (Å²) < 4.78 is 5.28. The first-order valence-electron chi connectivity index (χ1n) is 10.2. The third-order valence-electron chi connectivity index (χ3n) is 5.23. The molecule has 0 spiro atoms. The van der Waals surface area contributed by atoms with Gasteiger partial charge in [0, 0.05) is 52.5 Å². The Kier molecular flexibility index (Phi) is 7.69. The fraction of sp³-hybridized carbons (Fsp3) is 0.455. The van der Waals surface area contributed by atoms with Crippen LogP contribution in [0.1, 0.15) is 18.1 Å². The van der Waals surface area contributed by atoms with Gasteiger partial charge in [0.05, 0.1) is 7.11 Å². The molecule has 0 radical (unpaired) electrons. The van der Waals surface area contributed by atoms with Crippen LogP contribution in [-0.2, 0) is 13.1 Å². The molecular formula is C22H32N6O. The summed E-state index contributed by atoms with van der Waals surface area (Å²) in [6.07, 6.45) is 1.89. The maximum absolute atomic E-state index is 5.28. The molecule has 1 fully saturated rings.